The highest BCUT2D eigenvalue weighted by atomic mass is 16.7. The van der Waals surface area contributed by atoms with E-state index in [-0.39, 0.29) is 43.6 Å². The second-order valence-electron chi connectivity index (χ2n) is 6.11. The van der Waals surface area contributed by atoms with Gasteiger partial charge in [-0.05, 0) is 30.3 Å². The number of benzene rings is 1. The molecular formula is C18H26N6O7. The van der Waals surface area contributed by atoms with Crippen molar-refractivity contribution in [1.29, 1.82) is 0 Å². The maximum atomic E-state index is 12.5. The minimum atomic E-state index is -1.57. The van der Waals surface area contributed by atoms with Crippen LogP contribution in [0.25, 0.3) is 0 Å². The summed E-state index contributed by atoms with van der Waals surface area (Å²) in [7, 11) is 0. The Balaban J connectivity index is 2.92. The molecule has 2 amide bonds. The number of carbonyl (C=O) groups excluding carboxylic acids is 3. The zero-order valence-corrected chi connectivity index (χ0v) is 17.1. The van der Waals surface area contributed by atoms with E-state index in [9.17, 15) is 24.5 Å². The van der Waals surface area contributed by atoms with E-state index in [1.54, 1.807) is 37.3 Å². The molecule has 0 saturated carbocycles. The Hall–Kier alpha value is -3.90. The summed E-state index contributed by atoms with van der Waals surface area (Å²) in [6.45, 7) is 1.03. The fourth-order valence-corrected chi connectivity index (χ4v) is 2.44. The summed E-state index contributed by atoms with van der Waals surface area (Å²) in [4.78, 5) is 51.7. The van der Waals surface area contributed by atoms with Crippen molar-refractivity contribution in [2.75, 3.05) is 19.7 Å². The number of hydrogen-bond donors (Lipinski definition) is 3. The molecule has 170 valence electrons. The fourth-order valence-electron chi connectivity index (χ4n) is 2.44. The first-order valence-corrected chi connectivity index (χ1v) is 9.39. The Bertz CT molecular complexity index is 783. The molecule has 31 heavy (non-hydrogen) atoms. The van der Waals surface area contributed by atoms with E-state index < -0.39 is 35.6 Å². The molecule has 1 aromatic rings. The van der Waals surface area contributed by atoms with Gasteiger partial charge in [0.1, 0.15) is 13.2 Å². The minimum absolute atomic E-state index is 0.0780. The molecule has 1 aromatic carbocycles. The van der Waals surface area contributed by atoms with Gasteiger partial charge in [-0.25, -0.2) is 14.9 Å². The monoisotopic (exact) mass is 438 g/mol. The molecule has 0 bridgehead atoms. The molecule has 13 nitrogen and oxygen atoms in total. The molecule has 0 spiro atoms. The number of hydrazine groups is 1. The molecule has 0 radical (unpaired) electrons. The van der Waals surface area contributed by atoms with Crippen molar-refractivity contribution in [2.24, 2.45) is 16.5 Å². The number of aliphatic imine (C=N–C) groups is 1. The highest BCUT2D eigenvalue weighted by Gasteiger charge is 2.40. The van der Waals surface area contributed by atoms with E-state index in [0.717, 1.165) is 0 Å². The van der Waals surface area contributed by atoms with E-state index in [4.69, 9.17) is 20.9 Å². The third kappa shape index (κ3) is 9.43. The number of guanidine groups is 1. The molecule has 0 aliphatic carbocycles. The molecule has 0 aliphatic heterocycles. The van der Waals surface area contributed by atoms with Gasteiger partial charge in [0.25, 0.3) is 0 Å². The van der Waals surface area contributed by atoms with Crippen LogP contribution in [0.3, 0.4) is 0 Å². The van der Waals surface area contributed by atoms with Crippen LogP contribution >= 0.6 is 0 Å². The molecule has 0 fully saturated rings. The smallest absolute Gasteiger partial charge is 0.465 e. The first kappa shape index (κ1) is 25.1. The number of amides is 2. The van der Waals surface area contributed by atoms with Gasteiger partial charge in [0, 0.05) is 6.54 Å². The molecule has 1 rings (SSSR count). The standard InChI is InChI=1S/C18H26N6O7/c1-2-30-15(25)11-22-16(26)14(9-6-10-21-17(19)20)23(24(28)29)18(27)31-12-13-7-4-3-5-8-13/h3-5,7-8,14H,2,6,9-12H2,1H3,(H,22,26)(H4,19,20,21)/t14-/m0/s1. The average Bonchev–Trinajstić information content (AvgIpc) is 2.73. The lowest BCUT2D eigenvalue weighted by Crippen LogP contribution is -2.53. The molecule has 5 N–H and O–H groups in total. The van der Waals surface area contributed by atoms with Crippen LogP contribution in [0.1, 0.15) is 25.3 Å². The van der Waals surface area contributed by atoms with Crippen LogP contribution in [-0.2, 0) is 25.7 Å². The number of rotatable bonds is 12. The zero-order valence-electron chi connectivity index (χ0n) is 17.1. The Morgan fingerprint density at radius 3 is 2.48 bits per heavy atom. The average molecular weight is 438 g/mol. The van der Waals surface area contributed by atoms with Crippen LogP contribution in [0.5, 0.6) is 0 Å². The van der Waals surface area contributed by atoms with Gasteiger partial charge in [0.2, 0.25) is 5.91 Å². The zero-order chi connectivity index (χ0) is 23.2. The first-order chi connectivity index (χ1) is 14.8. The molecule has 0 aliphatic rings. The van der Waals surface area contributed by atoms with E-state index >= 15 is 0 Å². The van der Waals surface area contributed by atoms with Gasteiger partial charge in [-0.2, -0.15) is 0 Å². The Kier molecular flexibility index (Phi) is 10.8. The van der Waals surface area contributed by atoms with E-state index in [1.807, 2.05) is 0 Å². The topological polar surface area (TPSA) is 192 Å². The fraction of sp³-hybridized carbons (Fsp3) is 0.444. The highest BCUT2D eigenvalue weighted by molar-refractivity contribution is 5.87. The van der Waals surface area contributed by atoms with Gasteiger partial charge < -0.3 is 26.3 Å². The van der Waals surface area contributed by atoms with Crippen molar-refractivity contribution in [1.82, 2.24) is 10.3 Å². The predicted molar refractivity (Wildman–Crippen MR) is 109 cm³/mol. The van der Waals surface area contributed by atoms with E-state index in [1.165, 1.54) is 0 Å². The normalized spacial score (nSPS) is 11.0. The lowest BCUT2D eigenvalue weighted by Gasteiger charge is -2.21. The third-order valence-electron chi connectivity index (χ3n) is 3.81. The van der Waals surface area contributed by atoms with E-state index in [2.05, 4.69) is 10.3 Å². The third-order valence-corrected chi connectivity index (χ3v) is 3.81. The Labute approximate surface area is 178 Å². The summed E-state index contributed by atoms with van der Waals surface area (Å²) in [5.74, 6) is -1.84. The summed E-state index contributed by atoms with van der Waals surface area (Å²) in [5, 5.41) is 12.8. The van der Waals surface area contributed by atoms with Crippen molar-refractivity contribution >= 4 is 23.9 Å². The maximum Gasteiger partial charge on any atom is 0.469 e. The number of hydrogen-bond acceptors (Lipinski definition) is 8. The predicted octanol–water partition coefficient (Wildman–Crippen LogP) is -0.0816. The number of nitrogens with one attached hydrogen (secondary N) is 1. The lowest BCUT2D eigenvalue weighted by molar-refractivity contribution is -0.641. The van der Waals surface area contributed by atoms with Crippen LogP contribution in [0.4, 0.5) is 4.79 Å². The molecule has 0 heterocycles. The SMILES string of the molecule is CCOC(=O)CNC(=O)[C@H](CCCN=C(N)N)N(C(=O)OCc1ccccc1)[N+](=O)[O-]. The van der Waals surface area contributed by atoms with Crippen LogP contribution in [0.15, 0.2) is 35.3 Å². The van der Waals surface area contributed by atoms with Gasteiger partial charge >= 0.3 is 12.1 Å². The van der Waals surface area contributed by atoms with Crippen molar-refractivity contribution < 1.29 is 28.9 Å². The highest BCUT2D eigenvalue weighted by Crippen LogP contribution is 2.12. The summed E-state index contributed by atoms with van der Waals surface area (Å²) < 4.78 is 9.70. The molecule has 0 aromatic heterocycles. The molecule has 1 atom stereocenters. The molecule has 0 unspecified atom stereocenters. The van der Waals surface area contributed by atoms with Crippen LogP contribution < -0.4 is 16.8 Å². The summed E-state index contributed by atoms with van der Waals surface area (Å²) in [6.07, 6.45) is -1.34. The van der Waals surface area contributed by atoms with Gasteiger partial charge in [-0.3, -0.25) is 14.6 Å². The van der Waals surface area contributed by atoms with Crippen LogP contribution in [-0.4, -0.2) is 59.7 Å². The van der Waals surface area contributed by atoms with Crippen molar-refractivity contribution in [2.45, 2.75) is 32.4 Å². The molecular weight excluding hydrogens is 412 g/mol. The number of nitro groups is 1. The first-order valence-electron chi connectivity index (χ1n) is 9.39. The van der Waals surface area contributed by atoms with Crippen molar-refractivity contribution in [3.8, 4) is 0 Å². The Morgan fingerprint density at radius 2 is 1.90 bits per heavy atom. The minimum Gasteiger partial charge on any atom is -0.465 e. The van der Waals surface area contributed by atoms with Crippen molar-refractivity contribution in [3.05, 3.63) is 46.0 Å². The number of nitrogens with zero attached hydrogens (tertiary/aromatic N) is 3. The number of ether oxygens (including phenoxy) is 2. The lowest BCUT2D eigenvalue weighted by atomic mass is 10.1. The summed E-state index contributed by atoms with van der Waals surface area (Å²) in [5.41, 5.74) is 11.1. The molecule has 13 heteroatoms. The Morgan fingerprint density at radius 1 is 1.23 bits per heavy atom. The second-order valence-corrected chi connectivity index (χ2v) is 6.11. The van der Waals surface area contributed by atoms with Gasteiger partial charge in [-0.15, -0.1) is 0 Å². The largest absolute Gasteiger partial charge is 0.469 e. The maximum absolute atomic E-state index is 12.5. The van der Waals surface area contributed by atoms with Gasteiger partial charge in [0.15, 0.2) is 17.0 Å². The molecule has 0 saturated heterocycles. The second kappa shape index (κ2) is 13.3. The van der Waals surface area contributed by atoms with Gasteiger partial charge in [0.05, 0.1) is 6.61 Å². The number of esters is 1. The van der Waals surface area contributed by atoms with Gasteiger partial charge in [-0.1, -0.05) is 30.3 Å². The van der Waals surface area contributed by atoms with Crippen LogP contribution in [0, 0.1) is 10.1 Å². The quantitative estimate of drug-likeness (QED) is 0.0999. The number of carbonyl (C=O) groups is 3. The van der Waals surface area contributed by atoms with E-state index in [0.29, 0.717) is 5.56 Å². The summed E-state index contributed by atoms with van der Waals surface area (Å²) in [6, 6.07) is 6.95. The van der Waals surface area contributed by atoms with Crippen LogP contribution in [0.2, 0.25) is 0 Å². The summed E-state index contributed by atoms with van der Waals surface area (Å²) >= 11 is 0. The number of nitrogens with two attached hydrogens (primary N) is 2. The van der Waals surface area contributed by atoms with Crippen molar-refractivity contribution in [3.63, 3.8) is 0 Å².